The van der Waals surface area contributed by atoms with E-state index in [1.807, 2.05) is 0 Å². The fourth-order valence-corrected chi connectivity index (χ4v) is 4.02. The van der Waals surface area contributed by atoms with Crippen LogP contribution in [0.5, 0.6) is 0 Å². The van der Waals surface area contributed by atoms with Crippen molar-refractivity contribution in [1.29, 1.82) is 0 Å². The number of anilines is 1. The monoisotopic (exact) mass is 259 g/mol. The zero-order chi connectivity index (χ0) is 13.4. The molecule has 2 nitrogen and oxygen atoms in total. The Bertz CT molecular complexity index is 433. The van der Waals surface area contributed by atoms with Crippen LogP contribution in [-0.4, -0.2) is 24.3 Å². The average molecular weight is 259 g/mol. The fraction of sp³-hybridized carbons (Fsp3) is 0.647. The van der Waals surface area contributed by atoms with Gasteiger partial charge in [-0.15, -0.1) is 0 Å². The van der Waals surface area contributed by atoms with Gasteiger partial charge in [0.15, 0.2) is 0 Å². The van der Waals surface area contributed by atoms with Crippen LogP contribution in [0, 0.1) is 17.8 Å². The summed E-state index contributed by atoms with van der Waals surface area (Å²) in [5.74, 6) is 1.74. The van der Waals surface area contributed by atoms with Gasteiger partial charge in [0, 0.05) is 24.7 Å². The lowest BCUT2D eigenvalue weighted by molar-refractivity contribution is 0.0202. The minimum absolute atomic E-state index is 0.119. The predicted octanol–water partition coefficient (Wildman–Crippen LogP) is 3.09. The topological polar surface area (TPSA) is 23.5 Å². The molecule has 19 heavy (non-hydrogen) atoms. The number of nitrogens with zero attached hydrogens (tertiary/aromatic N) is 1. The molecule has 0 saturated heterocycles. The van der Waals surface area contributed by atoms with Crippen molar-refractivity contribution in [1.82, 2.24) is 0 Å². The summed E-state index contributed by atoms with van der Waals surface area (Å²) in [7, 11) is 0. The Kier molecular flexibility index (Phi) is 3.53. The standard InChI is InChI=1S/C17H25NO/c1-12-9-13(2)15(17(19)10-12)11-18-8-7-14-5-3-4-6-16(14)18/h3-6,12-13,15,17,19H,7-11H2,1-2H3. The molecule has 1 saturated carbocycles. The Morgan fingerprint density at radius 2 is 2.00 bits per heavy atom. The van der Waals surface area contributed by atoms with Crippen LogP contribution >= 0.6 is 0 Å². The molecule has 1 aromatic rings. The molecule has 0 bridgehead atoms. The van der Waals surface area contributed by atoms with Crippen LogP contribution in [0.25, 0.3) is 0 Å². The summed E-state index contributed by atoms with van der Waals surface area (Å²) in [6.45, 7) is 6.71. The van der Waals surface area contributed by atoms with Crippen LogP contribution < -0.4 is 4.90 Å². The Morgan fingerprint density at radius 3 is 2.79 bits per heavy atom. The average Bonchev–Trinajstić information content (AvgIpc) is 2.77. The van der Waals surface area contributed by atoms with Crippen LogP contribution in [0.2, 0.25) is 0 Å². The number of aliphatic hydroxyl groups excluding tert-OH is 1. The molecule has 1 aliphatic carbocycles. The van der Waals surface area contributed by atoms with Gasteiger partial charge in [-0.2, -0.15) is 0 Å². The van der Waals surface area contributed by atoms with E-state index < -0.39 is 0 Å². The molecule has 1 N–H and O–H groups in total. The first-order valence-electron chi connectivity index (χ1n) is 7.66. The smallest absolute Gasteiger partial charge is 0.0590 e. The van der Waals surface area contributed by atoms with E-state index in [4.69, 9.17) is 0 Å². The Balaban J connectivity index is 1.72. The van der Waals surface area contributed by atoms with E-state index in [1.54, 1.807) is 0 Å². The molecule has 0 amide bonds. The van der Waals surface area contributed by atoms with Gasteiger partial charge < -0.3 is 10.0 Å². The number of fused-ring (bicyclic) bond motifs is 1. The maximum atomic E-state index is 10.4. The van der Waals surface area contributed by atoms with Crippen molar-refractivity contribution in [2.45, 2.75) is 39.2 Å². The normalized spacial score (nSPS) is 34.4. The zero-order valence-corrected chi connectivity index (χ0v) is 12.0. The molecule has 0 aromatic heterocycles. The highest BCUT2D eigenvalue weighted by Gasteiger charge is 2.34. The van der Waals surface area contributed by atoms with Crippen molar-refractivity contribution in [3.63, 3.8) is 0 Å². The molecule has 2 heteroatoms. The summed E-state index contributed by atoms with van der Waals surface area (Å²) >= 11 is 0. The molecule has 1 heterocycles. The molecule has 0 radical (unpaired) electrons. The van der Waals surface area contributed by atoms with Crippen molar-refractivity contribution >= 4 is 5.69 Å². The SMILES string of the molecule is CC1CC(C)C(CN2CCc3ccccc32)C(O)C1. The Hall–Kier alpha value is -1.02. The summed E-state index contributed by atoms with van der Waals surface area (Å²) in [5, 5.41) is 10.4. The van der Waals surface area contributed by atoms with E-state index >= 15 is 0 Å². The second kappa shape index (κ2) is 5.16. The second-order valence-corrected chi connectivity index (χ2v) is 6.61. The van der Waals surface area contributed by atoms with Crippen molar-refractivity contribution in [3.8, 4) is 0 Å². The summed E-state index contributed by atoms with van der Waals surface area (Å²) in [4.78, 5) is 2.48. The summed E-state index contributed by atoms with van der Waals surface area (Å²) in [6, 6.07) is 8.71. The first-order valence-corrected chi connectivity index (χ1v) is 7.66. The van der Waals surface area contributed by atoms with Crippen molar-refractivity contribution < 1.29 is 5.11 Å². The maximum absolute atomic E-state index is 10.4. The van der Waals surface area contributed by atoms with E-state index in [9.17, 15) is 5.11 Å². The molecule has 1 fully saturated rings. The molecule has 0 spiro atoms. The van der Waals surface area contributed by atoms with Crippen molar-refractivity contribution in [2.24, 2.45) is 17.8 Å². The van der Waals surface area contributed by atoms with Crippen molar-refractivity contribution in [2.75, 3.05) is 18.0 Å². The summed E-state index contributed by atoms with van der Waals surface area (Å²) in [5.41, 5.74) is 2.86. The maximum Gasteiger partial charge on any atom is 0.0590 e. The molecule has 4 atom stereocenters. The zero-order valence-electron chi connectivity index (χ0n) is 12.0. The first kappa shape index (κ1) is 13.0. The number of aliphatic hydroxyl groups is 1. The number of benzene rings is 1. The van der Waals surface area contributed by atoms with Gasteiger partial charge in [0.2, 0.25) is 0 Å². The van der Waals surface area contributed by atoms with Crippen LogP contribution in [0.15, 0.2) is 24.3 Å². The van der Waals surface area contributed by atoms with Gasteiger partial charge in [-0.25, -0.2) is 0 Å². The summed E-state index contributed by atoms with van der Waals surface area (Å²) in [6.07, 6.45) is 3.28. The molecular weight excluding hydrogens is 234 g/mol. The van der Waals surface area contributed by atoms with E-state index in [-0.39, 0.29) is 6.10 Å². The van der Waals surface area contributed by atoms with E-state index in [1.165, 1.54) is 17.7 Å². The van der Waals surface area contributed by atoms with E-state index in [0.29, 0.717) is 17.8 Å². The molecule has 104 valence electrons. The number of hydrogen-bond donors (Lipinski definition) is 1. The van der Waals surface area contributed by atoms with Gasteiger partial charge in [-0.1, -0.05) is 32.0 Å². The lowest BCUT2D eigenvalue weighted by Gasteiger charge is -2.39. The van der Waals surface area contributed by atoms with Gasteiger partial charge >= 0.3 is 0 Å². The quantitative estimate of drug-likeness (QED) is 0.882. The lowest BCUT2D eigenvalue weighted by atomic mass is 9.73. The minimum atomic E-state index is -0.119. The third-order valence-electron chi connectivity index (χ3n) is 5.06. The third kappa shape index (κ3) is 2.51. The summed E-state index contributed by atoms with van der Waals surface area (Å²) < 4.78 is 0. The van der Waals surface area contributed by atoms with Crippen molar-refractivity contribution in [3.05, 3.63) is 29.8 Å². The predicted molar refractivity (Wildman–Crippen MR) is 79.4 cm³/mol. The van der Waals surface area contributed by atoms with E-state index in [2.05, 4.69) is 43.0 Å². The Labute approximate surface area is 116 Å². The van der Waals surface area contributed by atoms with Gasteiger partial charge in [0.05, 0.1) is 6.10 Å². The molecule has 3 rings (SSSR count). The van der Waals surface area contributed by atoms with Crippen LogP contribution in [0.1, 0.15) is 32.3 Å². The minimum Gasteiger partial charge on any atom is -0.393 e. The number of para-hydroxylation sites is 1. The molecule has 2 aliphatic rings. The second-order valence-electron chi connectivity index (χ2n) is 6.61. The fourth-order valence-electron chi connectivity index (χ4n) is 4.02. The Morgan fingerprint density at radius 1 is 1.21 bits per heavy atom. The van der Waals surface area contributed by atoms with Crippen LogP contribution in [-0.2, 0) is 6.42 Å². The van der Waals surface area contributed by atoms with Gasteiger partial charge in [-0.05, 0) is 42.7 Å². The number of hydrogen-bond acceptors (Lipinski definition) is 2. The molecule has 1 aliphatic heterocycles. The third-order valence-corrected chi connectivity index (χ3v) is 5.06. The highest BCUT2D eigenvalue weighted by molar-refractivity contribution is 5.57. The van der Waals surface area contributed by atoms with Crippen LogP contribution in [0.3, 0.4) is 0 Å². The van der Waals surface area contributed by atoms with Gasteiger partial charge in [0.25, 0.3) is 0 Å². The highest BCUT2D eigenvalue weighted by atomic mass is 16.3. The number of rotatable bonds is 2. The molecule has 4 unspecified atom stereocenters. The van der Waals surface area contributed by atoms with E-state index in [0.717, 1.165) is 25.9 Å². The highest BCUT2D eigenvalue weighted by Crippen LogP contribution is 2.36. The van der Waals surface area contributed by atoms with Gasteiger partial charge in [-0.3, -0.25) is 0 Å². The van der Waals surface area contributed by atoms with Gasteiger partial charge in [0.1, 0.15) is 0 Å². The lowest BCUT2D eigenvalue weighted by Crippen LogP contribution is -2.42. The molecule has 1 aromatic carbocycles. The largest absolute Gasteiger partial charge is 0.393 e. The molecular formula is C17H25NO. The van der Waals surface area contributed by atoms with Crippen LogP contribution in [0.4, 0.5) is 5.69 Å². The first-order chi connectivity index (χ1) is 9.15.